The summed E-state index contributed by atoms with van der Waals surface area (Å²) < 4.78 is 5.27. The Hall–Kier alpha value is -0.120. The lowest BCUT2D eigenvalue weighted by Gasteiger charge is -2.33. The van der Waals surface area contributed by atoms with Crippen molar-refractivity contribution in [2.75, 3.05) is 13.2 Å². The normalized spacial score (nSPS) is 34.2. The minimum atomic E-state index is -0.660. The molecule has 0 bridgehead atoms. The van der Waals surface area contributed by atoms with Crippen LogP contribution in [0, 0.1) is 5.92 Å². The van der Waals surface area contributed by atoms with Gasteiger partial charge in [-0.3, -0.25) is 0 Å². The van der Waals surface area contributed by atoms with Crippen molar-refractivity contribution in [3.63, 3.8) is 0 Å². The Morgan fingerprint density at radius 2 is 2.23 bits per heavy atom. The van der Waals surface area contributed by atoms with Gasteiger partial charge in [0.1, 0.15) is 0 Å². The van der Waals surface area contributed by atoms with Gasteiger partial charge in [0, 0.05) is 12.5 Å². The molecule has 1 saturated heterocycles. The van der Waals surface area contributed by atoms with E-state index in [2.05, 4.69) is 0 Å². The van der Waals surface area contributed by atoms with Gasteiger partial charge in [-0.1, -0.05) is 6.92 Å². The molecule has 0 aliphatic carbocycles. The Balaban J connectivity index is 2.42. The van der Waals surface area contributed by atoms with Crippen molar-refractivity contribution >= 4 is 0 Å². The predicted molar refractivity (Wildman–Crippen MR) is 50.5 cm³/mol. The maximum absolute atomic E-state index is 9.83. The molecule has 1 heterocycles. The van der Waals surface area contributed by atoms with E-state index in [0.717, 1.165) is 6.42 Å². The Morgan fingerprint density at radius 3 is 2.77 bits per heavy atom. The molecule has 0 aromatic rings. The van der Waals surface area contributed by atoms with Crippen LogP contribution in [0.5, 0.6) is 0 Å². The van der Waals surface area contributed by atoms with Crippen LogP contribution in [-0.2, 0) is 4.74 Å². The van der Waals surface area contributed by atoms with Crippen LogP contribution in [0.1, 0.15) is 33.1 Å². The van der Waals surface area contributed by atoms with Crippen LogP contribution in [0.4, 0.5) is 0 Å². The van der Waals surface area contributed by atoms with Crippen LogP contribution in [0.2, 0.25) is 0 Å². The second-order valence-corrected chi connectivity index (χ2v) is 4.25. The molecule has 3 atom stereocenters. The molecule has 0 aromatic carbocycles. The molecule has 3 heteroatoms. The molecule has 3 nitrogen and oxygen atoms in total. The summed E-state index contributed by atoms with van der Waals surface area (Å²) in [6.07, 6.45) is 1.75. The van der Waals surface area contributed by atoms with E-state index in [1.807, 2.05) is 13.8 Å². The Morgan fingerprint density at radius 1 is 1.54 bits per heavy atom. The van der Waals surface area contributed by atoms with E-state index in [0.29, 0.717) is 26.1 Å². The first-order valence-corrected chi connectivity index (χ1v) is 5.03. The molecular weight excluding hydrogens is 168 g/mol. The van der Waals surface area contributed by atoms with Gasteiger partial charge >= 0.3 is 0 Å². The van der Waals surface area contributed by atoms with Gasteiger partial charge in [-0.05, 0) is 26.2 Å². The van der Waals surface area contributed by atoms with E-state index in [-0.39, 0.29) is 12.0 Å². The molecule has 0 radical (unpaired) electrons. The number of rotatable bonds is 3. The fourth-order valence-electron chi connectivity index (χ4n) is 1.69. The van der Waals surface area contributed by atoms with Crippen LogP contribution in [-0.4, -0.2) is 35.1 Å². The van der Waals surface area contributed by atoms with Gasteiger partial charge in [-0.15, -0.1) is 0 Å². The average molecular weight is 188 g/mol. The fourth-order valence-corrected chi connectivity index (χ4v) is 1.69. The number of aliphatic hydroxyl groups is 2. The van der Waals surface area contributed by atoms with E-state index in [1.54, 1.807) is 0 Å². The largest absolute Gasteiger partial charge is 0.393 e. The van der Waals surface area contributed by atoms with Gasteiger partial charge in [-0.25, -0.2) is 0 Å². The van der Waals surface area contributed by atoms with E-state index in [4.69, 9.17) is 4.74 Å². The van der Waals surface area contributed by atoms with E-state index >= 15 is 0 Å². The van der Waals surface area contributed by atoms with Crippen molar-refractivity contribution in [3.8, 4) is 0 Å². The first-order chi connectivity index (χ1) is 6.05. The Kier molecular flexibility index (Phi) is 3.71. The monoisotopic (exact) mass is 188 g/mol. The molecule has 0 aromatic heterocycles. The minimum absolute atomic E-state index is 0.101. The molecule has 1 rings (SSSR count). The third-order valence-electron chi connectivity index (χ3n) is 2.90. The van der Waals surface area contributed by atoms with Gasteiger partial charge in [-0.2, -0.15) is 0 Å². The molecule has 0 saturated carbocycles. The molecule has 13 heavy (non-hydrogen) atoms. The molecule has 1 aliphatic rings. The average Bonchev–Trinajstić information content (AvgIpc) is 2.09. The molecule has 0 amide bonds. The van der Waals surface area contributed by atoms with Gasteiger partial charge in [0.2, 0.25) is 0 Å². The number of ether oxygens (including phenoxy) is 1. The minimum Gasteiger partial charge on any atom is -0.393 e. The standard InChI is InChI=1S/C10H20O3/c1-3-10(2,12)6-8-7-13-5-4-9(8)11/h8-9,11-12H,3-7H2,1-2H3. The zero-order valence-corrected chi connectivity index (χ0v) is 8.49. The van der Waals surface area contributed by atoms with Crippen LogP contribution in [0.15, 0.2) is 0 Å². The lowest BCUT2D eigenvalue weighted by atomic mass is 9.85. The quantitative estimate of drug-likeness (QED) is 0.693. The smallest absolute Gasteiger partial charge is 0.0621 e. The third-order valence-corrected chi connectivity index (χ3v) is 2.90. The lowest BCUT2D eigenvalue weighted by molar-refractivity contribution is -0.0717. The zero-order chi connectivity index (χ0) is 9.90. The van der Waals surface area contributed by atoms with E-state index in [9.17, 15) is 10.2 Å². The van der Waals surface area contributed by atoms with Crippen LogP contribution >= 0.6 is 0 Å². The topological polar surface area (TPSA) is 49.7 Å². The van der Waals surface area contributed by atoms with Crippen LogP contribution < -0.4 is 0 Å². The summed E-state index contributed by atoms with van der Waals surface area (Å²) in [7, 11) is 0. The predicted octanol–water partition coefficient (Wildman–Crippen LogP) is 0.935. The Bertz CT molecular complexity index is 156. The summed E-state index contributed by atoms with van der Waals surface area (Å²) in [5, 5.41) is 19.5. The second kappa shape index (κ2) is 4.40. The molecular formula is C10H20O3. The van der Waals surface area contributed by atoms with Gasteiger partial charge < -0.3 is 14.9 Å². The van der Waals surface area contributed by atoms with Crippen LogP contribution in [0.25, 0.3) is 0 Å². The highest BCUT2D eigenvalue weighted by Gasteiger charge is 2.30. The van der Waals surface area contributed by atoms with Crippen molar-refractivity contribution in [2.24, 2.45) is 5.92 Å². The van der Waals surface area contributed by atoms with E-state index < -0.39 is 5.60 Å². The summed E-state index contributed by atoms with van der Waals surface area (Å²) in [6.45, 7) is 4.99. The van der Waals surface area contributed by atoms with Gasteiger partial charge in [0.25, 0.3) is 0 Å². The number of hydrogen-bond acceptors (Lipinski definition) is 3. The summed E-state index contributed by atoms with van der Waals surface area (Å²) in [4.78, 5) is 0. The molecule has 78 valence electrons. The second-order valence-electron chi connectivity index (χ2n) is 4.25. The number of aliphatic hydroxyl groups excluding tert-OH is 1. The maximum Gasteiger partial charge on any atom is 0.0621 e. The summed E-state index contributed by atoms with van der Waals surface area (Å²) >= 11 is 0. The molecule has 3 unspecified atom stereocenters. The van der Waals surface area contributed by atoms with Crippen LogP contribution in [0.3, 0.4) is 0 Å². The lowest BCUT2D eigenvalue weighted by Crippen LogP contribution is -2.38. The molecule has 0 spiro atoms. The maximum atomic E-state index is 9.83. The first-order valence-electron chi connectivity index (χ1n) is 5.03. The van der Waals surface area contributed by atoms with Crippen molar-refractivity contribution in [1.82, 2.24) is 0 Å². The first kappa shape index (κ1) is 11.0. The zero-order valence-electron chi connectivity index (χ0n) is 8.49. The van der Waals surface area contributed by atoms with Crippen molar-refractivity contribution in [1.29, 1.82) is 0 Å². The van der Waals surface area contributed by atoms with Crippen molar-refractivity contribution in [2.45, 2.75) is 44.8 Å². The van der Waals surface area contributed by atoms with Crippen molar-refractivity contribution < 1.29 is 14.9 Å². The number of hydrogen-bond donors (Lipinski definition) is 2. The van der Waals surface area contributed by atoms with Gasteiger partial charge in [0.15, 0.2) is 0 Å². The SMILES string of the molecule is CCC(C)(O)CC1COCCC1O. The fraction of sp³-hybridized carbons (Fsp3) is 1.00. The molecule has 2 N–H and O–H groups in total. The Labute approximate surface area is 79.7 Å². The molecule has 1 aliphatic heterocycles. The summed E-state index contributed by atoms with van der Waals surface area (Å²) in [6, 6.07) is 0. The summed E-state index contributed by atoms with van der Waals surface area (Å²) in [5.41, 5.74) is -0.660. The highest BCUT2D eigenvalue weighted by atomic mass is 16.5. The van der Waals surface area contributed by atoms with Gasteiger partial charge in [0.05, 0.1) is 18.3 Å². The van der Waals surface area contributed by atoms with Crippen molar-refractivity contribution in [3.05, 3.63) is 0 Å². The molecule has 1 fully saturated rings. The highest BCUT2D eigenvalue weighted by molar-refractivity contribution is 4.81. The third kappa shape index (κ3) is 3.25. The highest BCUT2D eigenvalue weighted by Crippen LogP contribution is 2.26. The van der Waals surface area contributed by atoms with E-state index in [1.165, 1.54) is 0 Å². The summed E-state index contributed by atoms with van der Waals surface area (Å²) in [5.74, 6) is 0.101.